The molecule has 1 aliphatic heterocycles. The van der Waals surface area contributed by atoms with Gasteiger partial charge in [0.15, 0.2) is 5.82 Å². The fourth-order valence-corrected chi connectivity index (χ4v) is 3.89. The van der Waals surface area contributed by atoms with E-state index in [1.165, 1.54) is 25.4 Å². The van der Waals surface area contributed by atoms with E-state index in [0.29, 0.717) is 30.8 Å². The predicted molar refractivity (Wildman–Crippen MR) is 129 cm³/mol. The Labute approximate surface area is 211 Å². The summed E-state index contributed by atoms with van der Waals surface area (Å²) < 4.78 is 50.6. The van der Waals surface area contributed by atoms with Gasteiger partial charge in [0.2, 0.25) is 17.7 Å². The largest absolute Gasteiger partial charge is 0.497 e. The zero-order chi connectivity index (χ0) is 26.4. The van der Waals surface area contributed by atoms with Gasteiger partial charge in [-0.15, -0.1) is 0 Å². The Morgan fingerprint density at radius 3 is 2.62 bits per heavy atom. The average molecular weight is 515 g/mol. The van der Waals surface area contributed by atoms with Crippen LogP contribution in [0.15, 0.2) is 54.7 Å². The highest BCUT2D eigenvalue weighted by atomic mass is 19.4. The van der Waals surface area contributed by atoms with Gasteiger partial charge in [-0.2, -0.15) is 18.2 Å². The Bertz CT molecular complexity index is 1270. The van der Waals surface area contributed by atoms with Crippen LogP contribution >= 0.6 is 0 Å². The lowest BCUT2D eigenvalue weighted by Gasteiger charge is -2.16. The van der Waals surface area contributed by atoms with Crippen molar-refractivity contribution in [2.45, 2.75) is 25.4 Å². The number of methoxy groups -OCH3 is 1. The summed E-state index contributed by atoms with van der Waals surface area (Å²) in [5, 5.41) is 2.65. The molecule has 1 aliphatic rings. The molecule has 1 aromatic heterocycles. The Hall–Kier alpha value is -4.15. The maximum Gasteiger partial charge on any atom is 0.416 e. The van der Waals surface area contributed by atoms with Crippen LogP contribution in [-0.2, 0) is 22.2 Å². The van der Waals surface area contributed by atoms with Crippen molar-refractivity contribution in [2.24, 2.45) is 0 Å². The lowest BCUT2D eigenvalue weighted by molar-refractivity contribution is -0.137. The van der Waals surface area contributed by atoms with Crippen molar-refractivity contribution in [3.05, 3.63) is 65.9 Å². The van der Waals surface area contributed by atoms with E-state index in [4.69, 9.17) is 9.47 Å². The van der Waals surface area contributed by atoms with Crippen molar-refractivity contribution in [1.82, 2.24) is 14.9 Å². The molecular formula is C26H25F3N4O4. The Morgan fingerprint density at radius 2 is 1.95 bits per heavy atom. The van der Waals surface area contributed by atoms with Crippen molar-refractivity contribution in [1.29, 1.82) is 0 Å². The van der Waals surface area contributed by atoms with Gasteiger partial charge in [0.25, 0.3) is 0 Å². The number of ether oxygens (including phenoxy) is 2. The number of hydrogen-bond donors (Lipinski definition) is 1. The summed E-state index contributed by atoms with van der Waals surface area (Å²) in [6, 6.07) is 11.5. The molecular weight excluding hydrogens is 489 g/mol. The van der Waals surface area contributed by atoms with E-state index in [0.717, 1.165) is 18.6 Å². The first-order valence-corrected chi connectivity index (χ1v) is 11.6. The number of alkyl halides is 3. The van der Waals surface area contributed by atoms with E-state index >= 15 is 0 Å². The molecule has 11 heteroatoms. The van der Waals surface area contributed by atoms with E-state index in [1.54, 1.807) is 29.2 Å². The van der Waals surface area contributed by atoms with E-state index in [2.05, 4.69) is 15.3 Å². The SMILES string of the molecule is COc1ccc(CC(=O)Nc2nc(OCCN3CCCC3=O)cnc2-c2cccc(C(F)(F)F)c2)cc1. The first-order valence-electron chi connectivity index (χ1n) is 11.6. The van der Waals surface area contributed by atoms with Crippen LogP contribution in [0.3, 0.4) is 0 Å². The third-order valence-electron chi connectivity index (χ3n) is 5.78. The quantitative estimate of drug-likeness (QED) is 0.456. The highest BCUT2D eigenvalue weighted by Gasteiger charge is 2.31. The van der Waals surface area contributed by atoms with Gasteiger partial charge in [-0.25, -0.2) is 4.98 Å². The monoisotopic (exact) mass is 514 g/mol. The van der Waals surface area contributed by atoms with Crippen LogP contribution in [0.25, 0.3) is 11.3 Å². The summed E-state index contributed by atoms with van der Waals surface area (Å²) in [5.74, 6) is 0.297. The number of likely N-dealkylation sites (tertiary alicyclic amines) is 1. The topological polar surface area (TPSA) is 93.7 Å². The standard InChI is InChI=1S/C26H25F3N4O4/c1-36-20-9-7-17(8-10-20)14-21(34)31-25-24(18-4-2-5-19(15-18)26(27,28)29)30-16-22(32-25)37-13-12-33-11-3-6-23(33)35/h2,4-5,7-10,15-16H,3,6,11-14H2,1H3,(H,31,32,34). The van der Waals surface area contributed by atoms with E-state index in [1.807, 2.05) is 0 Å². The van der Waals surface area contributed by atoms with Gasteiger partial charge < -0.3 is 19.7 Å². The summed E-state index contributed by atoms with van der Waals surface area (Å²) >= 11 is 0. The number of benzene rings is 2. The van der Waals surface area contributed by atoms with Gasteiger partial charge in [-0.05, 0) is 36.2 Å². The molecule has 3 aromatic rings. The van der Waals surface area contributed by atoms with Gasteiger partial charge in [-0.3, -0.25) is 9.59 Å². The molecule has 0 atom stereocenters. The molecule has 2 aromatic carbocycles. The zero-order valence-electron chi connectivity index (χ0n) is 20.0. The molecule has 0 unspecified atom stereocenters. The van der Waals surface area contributed by atoms with Gasteiger partial charge in [0.05, 0.1) is 31.8 Å². The average Bonchev–Trinajstić information content (AvgIpc) is 3.28. The Balaban J connectivity index is 1.56. The second kappa shape index (κ2) is 11.3. The third kappa shape index (κ3) is 6.75. The third-order valence-corrected chi connectivity index (χ3v) is 5.78. The molecule has 2 heterocycles. The molecule has 0 bridgehead atoms. The highest BCUT2D eigenvalue weighted by molar-refractivity contribution is 5.94. The van der Waals surface area contributed by atoms with Crippen molar-refractivity contribution in [2.75, 3.05) is 32.1 Å². The number of rotatable bonds is 9. The highest BCUT2D eigenvalue weighted by Crippen LogP contribution is 2.33. The summed E-state index contributed by atoms with van der Waals surface area (Å²) in [5.41, 5.74) is 0.0556. The number of halogens is 3. The maximum absolute atomic E-state index is 13.3. The Morgan fingerprint density at radius 1 is 1.16 bits per heavy atom. The fourth-order valence-electron chi connectivity index (χ4n) is 3.89. The van der Waals surface area contributed by atoms with Gasteiger partial charge in [0.1, 0.15) is 18.1 Å². The number of hydrogen-bond acceptors (Lipinski definition) is 6. The number of carbonyl (C=O) groups excluding carboxylic acids is 2. The van der Waals surface area contributed by atoms with E-state index in [9.17, 15) is 22.8 Å². The van der Waals surface area contributed by atoms with Crippen LogP contribution in [0.2, 0.25) is 0 Å². The van der Waals surface area contributed by atoms with E-state index < -0.39 is 17.6 Å². The normalized spacial score (nSPS) is 13.5. The van der Waals surface area contributed by atoms with Gasteiger partial charge >= 0.3 is 6.18 Å². The molecule has 194 valence electrons. The minimum Gasteiger partial charge on any atom is -0.497 e. The molecule has 2 amide bonds. The lowest BCUT2D eigenvalue weighted by Crippen LogP contribution is -2.29. The number of anilines is 1. The lowest BCUT2D eigenvalue weighted by atomic mass is 10.1. The van der Waals surface area contributed by atoms with Crippen molar-refractivity contribution < 1.29 is 32.2 Å². The molecule has 0 spiro atoms. The van der Waals surface area contributed by atoms with Crippen LogP contribution in [-0.4, -0.2) is 53.5 Å². The number of nitrogens with one attached hydrogen (secondary N) is 1. The van der Waals surface area contributed by atoms with Crippen LogP contribution in [0.5, 0.6) is 11.6 Å². The number of aromatic nitrogens is 2. The molecule has 0 aliphatic carbocycles. The van der Waals surface area contributed by atoms with Gasteiger partial charge in [0, 0.05) is 18.5 Å². The summed E-state index contributed by atoms with van der Waals surface area (Å²) in [7, 11) is 1.54. The number of nitrogens with zero attached hydrogens (tertiary/aromatic N) is 3. The Kier molecular flexibility index (Phi) is 7.90. The van der Waals surface area contributed by atoms with Gasteiger partial charge in [-0.1, -0.05) is 24.3 Å². The second-order valence-corrected chi connectivity index (χ2v) is 8.39. The maximum atomic E-state index is 13.3. The number of amides is 2. The number of carbonyl (C=O) groups is 2. The van der Waals surface area contributed by atoms with Crippen LogP contribution < -0.4 is 14.8 Å². The molecule has 0 saturated carbocycles. The first-order chi connectivity index (χ1) is 17.7. The molecule has 0 radical (unpaired) electrons. The second-order valence-electron chi connectivity index (χ2n) is 8.39. The molecule has 1 N–H and O–H groups in total. The van der Waals surface area contributed by atoms with Crippen molar-refractivity contribution in [3.63, 3.8) is 0 Å². The molecule has 37 heavy (non-hydrogen) atoms. The molecule has 1 fully saturated rings. The zero-order valence-corrected chi connectivity index (χ0v) is 20.0. The van der Waals surface area contributed by atoms with E-state index in [-0.39, 0.29) is 41.9 Å². The predicted octanol–water partition coefficient (Wildman–Crippen LogP) is 4.35. The fraction of sp³-hybridized carbons (Fsp3) is 0.308. The van der Waals surface area contributed by atoms with Crippen LogP contribution in [0, 0.1) is 0 Å². The summed E-state index contributed by atoms with van der Waals surface area (Å²) in [6.45, 7) is 1.19. The first kappa shape index (κ1) is 25.9. The summed E-state index contributed by atoms with van der Waals surface area (Å²) in [4.78, 5) is 34.8. The van der Waals surface area contributed by atoms with Crippen LogP contribution in [0.4, 0.5) is 19.0 Å². The van der Waals surface area contributed by atoms with Crippen LogP contribution in [0.1, 0.15) is 24.0 Å². The molecule has 1 saturated heterocycles. The molecule has 4 rings (SSSR count). The smallest absolute Gasteiger partial charge is 0.416 e. The minimum absolute atomic E-state index is 0.00411. The van der Waals surface area contributed by atoms with Crippen molar-refractivity contribution >= 4 is 17.6 Å². The minimum atomic E-state index is -4.54. The summed E-state index contributed by atoms with van der Waals surface area (Å²) in [6.07, 6.45) is -1.96. The van der Waals surface area contributed by atoms with Crippen molar-refractivity contribution in [3.8, 4) is 22.9 Å². The molecule has 8 nitrogen and oxygen atoms in total.